The molecule has 0 aliphatic rings. The van der Waals surface area contributed by atoms with E-state index in [1.165, 1.54) is 11.1 Å². The molecule has 0 saturated carbocycles. The van der Waals surface area contributed by atoms with Crippen LogP contribution in [0.15, 0.2) is 34.8 Å². The number of aryl methyl sites for hydroxylation is 2. The van der Waals surface area contributed by atoms with E-state index in [9.17, 15) is 0 Å². The van der Waals surface area contributed by atoms with Crippen LogP contribution in [0.25, 0.3) is 0 Å². The van der Waals surface area contributed by atoms with Gasteiger partial charge < -0.3 is 14.8 Å². The van der Waals surface area contributed by atoms with Gasteiger partial charge in [0.1, 0.15) is 0 Å². The van der Waals surface area contributed by atoms with E-state index in [1.807, 2.05) is 12.1 Å². The Bertz CT molecular complexity index is 671. The highest BCUT2D eigenvalue weighted by Gasteiger charge is 2.10. The molecule has 0 amide bonds. The molecule has 1 N–H and O–H groups in total. The molecule has 4 heteroatoms. The summed E-state index contributed by atoms with van der Waals surface area (Å²) in [6.45, 7) is 7.73. The number of nitrogens with one attached hydrogen (secondary N) is 1. The summed E-state index contributed by atoms with van der Waals surface area (Å²) in [4.78, 5) is 0. The minimum absolute atomic E-state index is 0.684. The van der Waals surface area contributed by atoms with Gasteiger partial charge in [-0.2, -0.15) is 0 Å². The Morgan fingerprint density at radius 2 is 1.83 bits per heavy atom. The zero-order valence-electron chi connectivity index (χ0n) is 14.2. The van der Waals surface area contributed by atoms with Gasteiger partial charge in [-0.05, 0) is 61.2 Å². The standard InChI is InChI=1S/C19H24BrNO2/c1-5-8-23-19-11-17(20)15(10-18(19)22-4)12-21-16-7-6-13(2)14(3)9-16/h6-7,9-11,21H,5,8,12H2,1-4H3. The van der Waals surface area contributed by atoms with E-state index in [-0.39, 0.29) is 0 Å². The molecule has 0 radical (unpaired) electrons. The summed E-state index contributed by atoms with van der Waals surface area (Å²) in [5.74, 6) is 1.54. The second-order valence-corrected chi connectivity index (χ2v) is 6.45. The van der Waals surface area contributed by atoms with Crippen LogP contribution in [0.2, 0.25) is 0 Å². The Balaban J connectivity index is 2.14. The van der Waals surface area contributed by atoms with Crippen LogP contribution in [0.1, 0.15) is 30.0 Å². The molecular weight excluding hydrogens is 354 g/mol. The number of anilines is 1. The fraction of sp³-hybridized carbons (Fsp3) is 0.368. The molecule has 0 bridgehead atoms. The van der Waals surface area contributed by atoms with Gasteiger partial charge in [0.15, 0.2) is 11.5 Å². The summed E-state index contributed by atoms with van der Waals surface area (Å²) >= 11 is 3.63. The lowest BCUT2D eigenvalue weighted by molar-refractivity contribution is 0.294. The molecular formula is C19H24BrNO2. The predicted molar refractivity (Wildman–Crippen MR) is 99.7 cm³/mol. The Kier molecular flexibility index (Phi) is 6.34. The molecule has 0 aliphatic carbocycles. The molecule has 0 spiro atoms. The Morgan fingerprint density at radius 1 is 1.04 bits per heavy atom. The number of rotatable bonds is 7. The highest BCUT2D eigenvalue weighted by molar-refractivity contribution is 9.10. The molecule has 23 heavy (non-hydrogen) atoms. The first-order chi connectivity index (χ1) is 11.0. The number of hydrogen-bond donors (Lipinski definition) is 1. The zero-order valence-corrected chi connectivity index (χ0v) is 15.8. The van der Waals surface area contributed by atoms with Crippen LogP contribution in [0.5, 0.6) is 11.5 Å². The van der Waals surface area contributed by atoms with E-state index in [2.05, 4.69) is 60.2 Å². The molecule has 0 unspecified atom stereocenters. The van der Waals surface area contributed by atoms with E-state index in [1.54, 1.807) is 7.11 Å². The maximum atomic E-state index is 5.73. The van der Waals surface area contributed by atoms with Crippen molar-refractivity contribution in [2.75, 3.05) is 19.0 Å². The Morgan fingerprint density at radius 3 is 2.48 bits per heavy atom. The number of ether oxygens (including phenoxy) is 2. The molecule has 0 heterocycles. The molecule has 2 rings (SSSR count). The Labute approximate surface area is 147 Å². The summed E-state index contributed by atoms with van der Waals surface area (Å²) in [5.41, 5.74) is 4.83. The van der Waals surface area contributed by atoms with Crippen LogP contribution in [0, 0.1) is 13.8 Å². The third-order valence-electron chi connectivity index (χ3n) is 3.78. The van der Waals surface area contributed by atoms with Gasteiger partial charge in [-0.1, -0.05) is 28.9 Å². The minimum atomic E-state index is 0.684. The van der Waals surface area contributed by atoms with Gasteiger partial charge in [0.25, 0.3) is 0 Å². The fourth-order valence-corrected chi connectivity index (χ4v) is 2.71. The molecule has 0 aromatic heterocycles. The monoisotopic (exact) mass is 377 g/mol. The summed E-state index contributed by atoms with van der Waals surface area (Å²) in [7, 11) is 1.67. The van der Waals surface area contributed by atoms with Gasteiger partial charge in [-0.25, -0.2) is 0 Å². The SMILES string of the molecule is CCCOc1cc(Br)c(CNc2ccc(C)c(C)c2)cc1OC. The van der Waals surface area contributed by atoms with Crippen molar-refractivity contribution >= 4 is 21.6 Å². The van der Waals surface area contributed by atoms with Gasteiger partial charge in [0.05, 0.1) is 13.7 Å². The zero-order chi connectivity index (χ0) is 16.8. The smallest absolute Gasteiger partial charge is 0.162 e. The lowest BCUT2D eigenvalue weighted by atomic mass is 10.1. The van der Waals surface area contributed by atoms with E-state index in [0.717, 1.165) is 33.6 Å². The normalized spacial score (nSPS) is 10.5. The average Bonchev–Trinajstić information content (AvgIpc) is 2.55. The van der Waals surface area contributed by atoms with Crippen LogP contribution >= 0.6 is 15.9 Å². The second-order valence-electron chi connectivity index (χ2n) is 5.60. The van der Waals surface area contributed by atoms with E-state index >= 15 is 0 Å². The molecule has 2 aromatic carbocycles. The van der Waals surface area contributed by atoms with Crippen molar-refractivity contribution in [2.45, 2.75) is 33.7 Å². The maximum absolute atomic E-state index is 5.73. The van der Waals surface area contributed by atoms with Gasteiger partial charge in [-0.15, -0.1) is 0 Å². The van der Waals surface area contributed by atoms with Crippen molar-refractivity contribution in [1.29, 1.82) is 0 Å². The molecule has 0 atom stereocenters. The number of halogens is 1. The van der Waals surface area contributed by atoms with Crippen molar-refractivity contribution in [2.24, 2.45) is 0 Å². The van der Waals surface area contributed by atoms with E-state index in [4.69, 9.17) is 9.47 Å². The topological polar surface area (TPSA) is 30.5 Å². The summed E-state index contributed by atoms with van der Waals surface area (Å²) < 4.78 is 12.2. The predicted octanol–water partition coefficient (Wildman–Crippen LogP) is 5.48. The first kappa shape index (κ1) is 17.7. The summed E-state index contributed by atoms with van der Waals surface area (Å²) in [6.07, 6.45) is 0.969. The largest absolute Gasteiger partial charge is 0.493 e. The van der Waals surface area contributed by atoms with Crippen LogP contribution in [-0.4, -0.2) is 13.7 Å². The van der Waals surface area contributed by atoms with Crippen LogP contribution < -0.4 is 14.8 Å². The fourth-order valence-electron chi connectivity index (χ4n) is 2.25. The molecule has 0 fully saturated rings. The quantitative estimate of drug-likeness (QED) is 0.693. The van der Waals surface area contributed by atoms with Crippen molar-refractivity contribution in [1.82, 2.24) is 0 Å². The van der Waals surface area contributed by atoms with Crippen molar-refractivity contribution < 1.29 is 9.47 Å². The summed E-state index contributed by atoms with van der Waals surface area (Å²) in [5, 5.41) is 3.46. The molecule has 0 aliphatic heterocycles. The van der Waals surface area contributed by atoms with E-state index < -0.39 is 0 Å². The number of methoxy groups -OCH3 is 1. The summed E-state index contributed by atoms with van der Waals surface area (Å²) in [6, 6.07) is 10.4. The van der Waals surface area contributed by atoms with E-state index in [0.29, 0.717) is 13.2 Å². The lowest BCUT2D eigenvalue weighted by Gasteiger charge is -2.15. The average molecular weight is 378 g/mol. The minimum Gasteiger partial charge on any atom is -0.493 e. The first-order valence-electron chi connectivity index (χ1n) is 7.85. The number of benzene rings is 2. The van der Waals surface area contributed by atoms with Gasteiger partial charge in [-0.3, -0.25) is 0 Å². The number of hydrogen-bond acceptors (Lipinski definition) is 3. The van der Waals surface area contributed by atoms with Gasteiger partial charge >= 0.3 is 0 Å². The van der Waals surface area contributed by atoms with Crippen LogP contribution in [0.4, 0.5) is 5.69 Å². The maximum Gasteiger partial charge on any atom is 0.162 e. The van der Waals surface area contributed by atoms with Gasteiger partial charge in [0, 0.05) is 16.7 Å². The Hall–Kier alpha value is -1.68. The van der Waals surface area contributed by atoms with Crippen molar-refractivity contribution in [3.8, 4) is 11.5 Å². The second kappa shape index (κ2) is 8.25. The van der Waals surface area contributed by atoms with Crippen molar-refractivity contribution in [3.05, 3.63) is 51.5 Å². The lowest BCUT2D eigenvalue weighted by Crippen LogP contribution is -2.03. The molecule has 124 valence electrons. The third kappa shape index (κ3) is 4.64. The highest BCUT2D eigenvalue weighted by atomic mass is 79.9. The molecule has 3 nitrogen and oxygen atoms in total. The van der Waals surface area contributed by atoms with Crippen LogP contribution in [0.3, 0.4) is 0 Å². The highest BCUT2D eigenvalue weighted by Crippen LogP contribution is 2.34. The van der Waals surface area contributed by atoms with Crippen molar-refractivity contribution in [3.63, 3.8) is 0 Å². The molecule has 2 aromatic rings. The first-order valence-corrected chi connectivity index (χ1v) is 8.64. The molecule has 0 saturated heterocycles. The van der Waals surface area contributed by atoms with Crippen LogP contribution in [-0.2, 0) is 6.54 Å². The van der Waals surface area contributed by atoms with Gasteiger partial charge in [0.2, 0.25) is 0 Å². The third-order valence-corrected chi connectivity index (χ3v) is 4.52.